The summed E-state index contributed by atoms with van der Waals surface area (Å²) >= 11 is 1.48. The van der Waals surface area contributed by atoms with Gasteiger partial charge >= 0.3 is 5.97 Å². The molecular weight excluding hydrogens is 398 g/mol. The van der Waals surface area contributed by atoms with Gasteiger partial charge in [-0.05, 0) is 44.0 Å². The highest BCUT2D eigenvalue weighted by Gasteiger charge is 2.18. The van der Waals surface area contributed by atoms with E-state index in [9.17, 15) is 9.59 Å². The second-order valence-corrected chi connectivity index (χ2v) is 8.43. The molecule has 152 valence electrons. The highest BCUT2D eigenvalue weighted by atomic mass is 32.1. The predicted molar refractivity (Wildman–Crippen MR) is 118 cm³/mol. The van der Waals surface area contributed by atoms with Crippen molar-refractivity contribution >= 4 is 27.5 Å². The number of benzene rings is 2. The Balaban J connectivity index is 1.83. The van der Waals surface area contributed by atoms with Crippen LogP contribution in [0.15, 0.2) is 47.3 Å². The van der Waals surface area contributed by atoms with E-state index in [1.54, 1.807) is 24.3 Å². The van der Waals surface area contributed by atoms with Gasteiger partial charge in [-0.15, -0.1) is 11.3 Å². The van der Waals surface area contributed by atoms with Crippen LogP contribution in [0, 0.1) is 20.8 Å². The maximum absolute atomic E-state index is 13.1. The Morgan fingerprint density at radius 2 is 1.83 bits per heavy atom. The quantitative estimate of drug-likeness (QED) is 0.462. The monoisotopic (exact) mass is 419 g/mol. The Labute approximate surface area is 177 Å². The fourth-order valence-corrected chi connectivity index (χ4v) is 4.38. The van der Waals surface area contributed by atoms with Crippen molar-refractivity contribution < 1.29 is 9.53 Å². The van der Waals surface area contributed by atoms with E-state index in [0.29, 0.717) is 11.1 Å². The number of hydrogen-bond donors (Lipinski definition) is 0. The van der Waals surface area contributed by atoms with E-state index >= 15 is 0 Å². The smallest absolute Gasteiger partial charge is 0.337 e. The first-order valence-electron chi connectivity index (χ1n) is 9.50. The second-order valence-electron chi connectivity index (χ2n) is 7.23. The zero-order chi connectivity index (χ0) is 21.4. The van der Waals surface area contributed by atoms with E-state index < -0.39 is 5.97 Å². The van der Waals surface area contributed by atoms with Crippen LogP contribution in [0.25, 0.3) is 21.5 Å². The third-order valence-electron chi connectivity index (χ3n) is 4.95. The van der Waals surface area contributed by atoms with Crippen molar-refractivity contribution in [1.82, 2.24) is 14.8 Å². The molecule has 0 aliphatic rings. The van der Waals surface area contributed by atoms with E-state index in [0.717, 1.165) is 32.1 Å². The Morgan fingerprint density at radius 3 is 2.50 bits per heavy atom. The molecule has 0 radical (unpaired) electrons. The maximum Gasteiger partial charge on any atom is 0.337 e. The van der Waals surface area contributed by atoms with E-state index in [-0.39, 0.29) is 12.1 Å². The normalized spacial score (nSPS) is 11.1. The molecule has 0 unspecified atom stereocenters. The van der Waals surface area contributed by atoms with Crippen molar-refractivity contribution in [2.45, 2.75) is 27.3 Å². The number of esters is 1. The first-order chi connectivity index (χ1) is 14.4. The van der Waals surface area contributed by atoms with Gasteiger partial charge in [0, 0.05) is 5.56 Å². The van der Waals surface area contributed by atoms with Crippen molar-refractivity contribution in [3.05, 3.63) is 80.1 Å². The molecule has 0 amide bonds. The number of aromatic nitrogens is 3. The van der Waals surface area contributed by atoms with Crippen LogP contribution < -0.4 is 5.56 Å². The van der Waals surface area contributed by atoms with Crippen LogP contribution in [0.1, 0.15) is 32.1 Å². The predicted octanol–water partition coefficient (Wildman–Crippen LogP) is 4.28. The average Bonchev–Trinajstić information content (AvgIpc) is 3.12. The van der Waals surface area contributed by atoms with Crippen molar-refractivity contribution in [2.24, 2.45) is 0 Å². The van der Waals surface area contributed by atoms with Crippen LogP contribution in [-0.2, 0) is 11.3 Å². The Kier molecular flexibility index (Phi) is 5.22. The number of rotatable bonds is 4. The summed E-state index contributed by atoms with van der Waals surface area (Å²) < 4.78 is 6.99. The van der Waals surface area contributed by atoms with E-state index in [1.807, 2.05) is 26.0 Å². The number of hydrogen-bond acceptors (Lipinski definition) is 6. The van der Waals surface area contributed by atoms with Gasteiger partial charge in [-0.2, -0.15) is 5.10 Å². The summed E-state index contributed by atoms with van der Waals surface area (Å²) in [5, 5.41) is 5.56. The number of carbonyl (C=O) groups is 1. The summed E-state index contributed by atoms with van der Waals surface area (Å²) in [7, 11) is 1.35. The summed E-state index contributed by atoms with van der Waals surface area (Å²) in [6.45, 7) is 6.27. The first kappa shape index (κ1) is 20.0. The van der Waals surface area contributed by atoms with Crippen LogP contribution in [0.4, 0.5) is 0 Å². The lowest BCUT2D eigenvalue weighted by Crippen LogP contribution is -2.24. The van der Waals surface area contributed by atoms with Crippen LogP contribution >= 0.6 is 11.3 Å². The fourth-order valence-electron chi connectivity index (χ4n) is 3.47. The molecule has 0 aliphatic heterocycles. The van der Waals surface area contributed by atoms with E-state index in [4.69, 9.17) is 9.84 Å². The summed E-state index contributed by atoms with van der Waals surface area (Å²) in [6, 6.07) is 13.2. The topological polar surface area (TPSA) is 74.1 Å². The van der Waals surface area contributed by atoms with Crippen LogP contribution in [0.2, 0.25) is 0 Å². The lowest BCUT2D eigenvalue weighted by atomic mass is 10.0. The van der Waals surface area contributed by atoms with Gasteiger partial charge in [0.15, 0.2) is 5.52 Å². The molecule has 0 bridgehead atoms. The van der Waals surface area contributed by atoms with Gasteiger partial charge in [0.05, 0.1) is 28.9 Å². The molecule has 0 aliphatic carbocycles. The maximum atomic E-state index is 13.1. The number of fused-ring (bicyclic) bond motifs is 1. The number of methoxy groups -OCH3 is 1. The van der Waals surface area contributed by atoms with Crippen molar-refractivity contribution in [2.75, 3.05) is 7.11 Å². The standard InChI is InChI=1S/C23H21N3O3S/c1-13-5-10-18(14(2)11-13)19-21-20(24-15(3)30-21)22(27)26(25-19)12-16-6-8-17(9-7-16)23(28)29-4/h5-11H,12H2,1-4H3. The number of carbonyl (C=O) groups excluding carboxylic acids is 1. The molecule has 4 aromatic rings. The Hall–Kier alpha value is -3.32. The molecule has 2 aromatic carbocycles. The van der Waals surface area contributed by atoms with E-state index in [1.165, 1.54) is 28.7 Å². The van der Waals surface area contributed by atoms with Crippen molar-refractivity contribution in [1.29, 1.82) is 0 Å². The zero-order valence-corrected chi connectivity index (χ0v) is 18.0. The molecule has 2 heterocycles. The SMILES string of the molecule is COC(=O)c1ccc(Cn2nc(-c3ccc(C)cc3C)c3sc(C)nc3c2=O)cc1. The third kappa shape index (κ3) is 3.64. The lowest BCUT2D eigenvalue weighted by molar-refractivity contribution is 0.0600. The number of aryl methyl sites for hydroxylation is 3. The van der Waals surface area contributed by atoms with Crippen LogP contribution in [-0.4, -0.2) is 27.8 Å². The van der Waals surface area contributed by atoms with Gasteiger partial charge in [-0.1, -0.05) is 35.9 Å². The molecular formula is C23H21N3O3S. The Bertz CT molecular complexity index is 1320. The molecule has 0 fully saturated rings. The van der Waals surface area contributed by atoms with Gasteiger partial charge in [0.25, 0.3) is 5.56 Å². The molecule has 0 N–H and O–H groups in total. The summed E-state index contributed by atoms with van der Waals surface area (Å²) in [4.78, 5) is 29.2. The van der Waals surface area contributed by atoms with Gasteiger partial charge < -0.3 is 4.74 Å². The van der Waals surface area contributed by atoms with Gasteiger partial charge in [0.2, 0.25) is 0 Å². The van der Waals surface area contributed by atoms with Crippen molar-refractivity contribution in [3.8, 4) is 11.3 Å². The minimum absolute atomic E-state index is 0.222. The molecule has 2 aromatic heterocycles. The van der Waals surface area contributed by atoms with Crippen LogP contribution in [0.5, 0.6) is 0 Å². The fraction of sp³-hybridized carbons (Fsp3) is 0.217. The largest absolute Gasteiger partial charge is 0.465 e. The van der Waals surface area contributed by atoms with Gasteiger partial charge in [0.1, 0.15) is 5.69 Å². The van der Waals surface area contributed by atoms with Gasteiger partial charge in [-0.25, -0.2) is 14.5 Å². The van der Waals surface area contributed by atoms with Gasteiger partial charge in [-0.3, -0.25) is 4.79 Å². The number of thiazole rings is 1. The summed E-state index contributed by atoms with van der Waals surface area (Å²) in [5.41, 5.74) is 5.56. The third-order valence-corrected chi connectivity index (χ3v) is 5.93. The summed E-state index contributed by atoms with van der Waals surface area (Å²) in [6.07, 6.45) is 0. The highest BCUT2D eigenvalue weighted by Crippen LogP contribution is 2.31. The Morgan fingerprint density at radius 1 is 1.10 bits per heavy atom. The molecule has 0 saturated heterocycles. The highest BCUT2D eigenvalue weighted by molar-refractivity contribution is 7.19. The molecule has 6 nitrogen and oxygen atoms in total. The molecule has 7 heteroatoms. The zero-order valence-electron chi connectivity index (χ0n) is 17.2. The number of ether oxygens (including phenoxy) is 1. The second kappa shape index (κ2) is 7.84. The lowest BCUT2D eigenvalue weighted by Gasteiger charge is -2.11. The minimum atomic E-state index is -0.395. The van der Waals surface area contributed by atoms with Crippen molar-refractivity contribution in [3.63, 3.8) is 0 Å². The molecule has 0 atom stereocenters. The molecule has 0 spiro atoms. The first-order valence-corrected chi connectivity index (χ1v) is 10.3. The van der Waals surface area contributed by atoms with Crippen LogP contribution in [0.3, 0.4) is 0 Å². The molecule has 30 heavy (non-hydrogen) atoms. The van der Waals surface area contributed by atoms with E-state index in [2.05, 4.69) is 18.0 Å². The number of nitrogens with zero attached hydrogens (tertiary/aromatic N) is 3. The molecule has 0 saturated carbocycles. The average molecular weight is 420 g/mol. The molecule has 4 rings (SSSR count). The summed E-state index contributed by atoms with van der Waals surface area (Å²) in [5.74, 6) is -0.395. The minimum Gasteiger partial charge on any atom is -0.465 e.